The number of nitrogens with zero attached hydrogens (tertiary/aromatic N) is 3. The quantitative estimate of drug-likeness (QED) is 0.411. The maximum absolute atomic E-state index is 13.6. The molecule has 0 radical (unpaired) electrons. The third kappa shape index (κ3) is 5.01. The molecular formula is C27H26FN5O2. The molecule has 7 nitrogen and oxygen atoms in total. The molecule has 35 heavy (non-hydrogen) atoms. The van der Waals surface area contributed by atoms with Crippen LogP contribution in [0.1, 0.15) is 40.8 Å². The maximum atomic E-state index is 13.6. The zero-order valence-corrected chi connectivity index (χ0v) is 19.5. The number of amides is 1. The van der Waals surface area contributed by atoms with Crippen molar-refractivity contribution < 1.29 is 13.9 Å². The molecule has 5 rings (SSSR count). The van der Waals surface area contributed by atoms with Crippen LogP contribution in [0.15, 0.2) is 72.8 Å². The van der Waals surface area contributed by atoms with E-state index in [2.05, 4.69) is 51.9 Å². The third-order valence-corrected chi connectivity index (χ3v) is 6.20. The summed E-state index contributed by atoms with van der Waals surface area (Å²) in [5.74, 6) is 1.01. The van der Waals surface area contributed by atoms with Gasteiger partial charge in [0.05, 0.1) is 25.6 Å². The van der Waals surface area contributed by atoms with E-state index in [1.807, 2.05) is 24.3 Å². The molecule has 0 unspecified atom stereocenters. The summed E-state index contributed by atoms with van der Waals surface area (Å²) >= 11 is 0. The molecule has 0 fully saturated rings. The molecule has 1 aliphatic heterocycles. The number of anilines is 2. The van der Waals surface area contributed by atoms with Gasteiger partial charge in [0.2, 0.25) is 11.9 Å². The molecule has 8 heteroatoms. The van der Waals surface area contributed by atoms with Crippen LogP contribution in [0.5, 0.6) is 5.75 Å². The Morgan fingerprint density at radius 2 is 1.74 bits per heavy atom. The minimum Gasteiger partial charge on any atom is -0.497 e. The Hall–Kier alpha value is -4.20. The molecule has 0 saturated carbocycles. The fraction of sp³-hybridized carbons (Fsp3) is 0.222. The summed E-state index contributed by atoms with van der Waals surface area (Å²) in [4.78, 5) is 17.2. The Morgan fingerprint density at radius 1 is 1.06 bits per heavy atom. The van der Waals surface area contributed by atoms with Gasteiger partial charge >= 0.3 is 0 Å². The van der Waals surface area contributed by atoms with Crippen molar-refractivity contribution in [3.63, 3.8) is 0 Å². The monoisotopic (exact) mass is 471 g/mol. The van der Waals surface area contributed by atoms with Crippen LogP contribution in [-0.2, 0) is 11.2 Å². The van der Waals surface area contributed by atoms with Crippen molar-refractivity contribution in [1.29, 1.82) is 0 Å². The van der Waals surface area contributed by atoms with Gasteiger partial charge in [-0.05, 0) is 54.3 Å². The number of rotatable bonds is 6. The lowest BCUT2D eigenvalue weighted by Crippen LogP contribution is -2.28. The van der Waals surface area contributed by atoms with E-state index in [0.29, 0.717) is 12.4 Å². The van der Waals surface area contributed by atoms with Gasteiger partial charge in [-0.15, -0.1) is 5.10 Å². The highest BCUT2D eigenvalue weighted by Gasteiger charge is 2.31. The van der Waals surface area contributed by atoms with Crippen LogP contribution < -0.4 is 15.4 Å². The zero-order valence-electron chi connectivity index (χ0n) is 19.5. The Labute approximate surface area is 203 Å². The average molecular weight is 472 g/mol. The van der Waals surface area contributed by atoms with Gasteiger partial charge in [-0.2, -0.15) is 4.98 Å². The van der Waals surface area contributed by atoms with Crippen LogP contribution in [0, 0.1) is 12.7 Å². The van der Waals surface area contributed by atoms with E-state index in [1.54, 1.807) is 23.9 Å². The Kier molecular flexibility index (Phi) is 6.18. The number of aromatic nitrogens is 3. The number of nitrogens with one attached hydrogen (secondary N) is 2. The van der Waals surface area contributed by atoms with Crippen molar-refractivity contribution in [3.05, 3.63) is 101 Å². The van der Waals surface area contributed by atoms with E-state index in [-0.39, 0.29) is 36.2 Å². The molecule has 0 bridgehead atoms. The van der Waals surface area contributed by atoms with Crippen molar-refractivity contribution in [2.45, 2.75) is 31.8 Å². The molecule has 178 valence electrons. The maximum Gasteiger partial charge on any atom is 0.250 e. The van der Waals surface area contributed by atoms with Gasteiger partial charge in [0.1, 0.15) is 11.6 Å². The lowest BCUT2D eigenvalue weighted by Gasteiger charge is -2.31. The fourth-order valence-corrected chi connectivity index (χ4v) is 4.31. The molecule has 3 aromatic carbocycles. The van der Waals surface area contributed by atoms with Gasteiger partial charge in [-0.3, -0.25) is 10.1 Å². The first-order valence-electron chi connectivity index (χ1n) is 11.5. The minimum atomic E-state index is -0.289. The number of halogens is 1. The summed E-state index contributed by atoms with van der Waals surface area (Å²) in [5.41, 5.74) is 4.09. The summed E-state index contributed by atoms with van der Waals surface area (Å²) < 4.78 is 20.5. The van der Waals surface area contributed by atoms with Crippen molar-refractivity contribution >= 4 is 17.8 Å². The number of hydrogen-bond donors (Lipinski definition) is 2. The molecule has 1 amide bonds. The average Bonchev–Trinajstić information content (AvgIpc) is 3.27. The minimum absolute atomic E-state index is 0.00907. The summed E-state index contributed by atoms with van der Waals surface area (Å²) in [6.45, 7) is 2.05. The highest BCUT2D eigenvalue weighted by molar-refractivity contribution is 5.90. The molecule has 4 aromatic rings. The molecule has 0 saturated heterocycles. The molecule has 1 aromatic heterocycles. The van der Waals surface area contributed by atoms with Crippen molar-refractivity contribution in [2.75, 3.05) is 17.7 Å². The number of carbonyl (C=O) groups excluding carboxylic acids is 1. The summed E-state index contributed by atoms with van der Waals surface area (Å²) in [5, 5.41) is 10.8. The second-order valence-corrected chi connectivity index (χ2v) is 8.69. The van der Waals surface area contributed by atoms with Crippen LogP contribution >= 0.6 is 0 Å². The van der Waals surface area contributed by atoms with E-state index in [9.17, 15) is 9.18 Å². The van der Waals surface area contributed by atoms with E-state index < -0.39 is 0 Å². The number of fused-ring (bicyclic) bond motifs is 1. The third-order valence-electron chi connectivity index (χ3n) is 6.20. The molecule has 1 aliphatic rings. The highest BCUT2D eigenvalue weighted by Crippen LogP contribution is 2.38. The second-order valence-electron chi connectivity index (χ2n) is 8.69. The Bertz CT molecular complexity index is 1320. The van der Waals surface area contributed by atoms with Gasteiger partial charge in [0, 0.05) is 0 Å². The first-order chi connectivity index (χ1) is 17.0. The van der Waals surface area contributed by atoms with Gasteiger partial charge in [-0.1, -0.05) is 54.1 Å². The van der Waals surface area contributed by atoms with E-state index in [0.717, 1.165) is 22.4 Å². The fourth-order valence-electron chi connectivity index (χ4n) is 4.31. The Morgan fingerprint density at radius 3 is 2.43 bits per heavy atom. The van der Waals surface area contributed by atoms with Crippen molar-refractivity contribution in [2.24, 2.45) is 0 Å². The molecule has 0 spiro atoms. The molecule has 2 atom stereocenters. The van der Waals surface area contributed by atoms with Crippen molar-refractivity contribution in [1.82, 2.24) is 14.8 Å². The van der Waals surface area contributed by atoms with E-state index in [1.165, 1.54) is 17.7 Å². The van der Waals surface area contributed by atoms with Crippen LogP contribution in [0.4, 0.5) is 16.3 Å². The SMILES string of the molecule is COc1ccc(CC(=O)Nc2nc3n(n2)[C@H](c2ccc(F)cc2)C[C@H](c2ccc(C)cc2)N3)cc1. The lowest BCUT2D eigenvalue weighted by atomic mass is 9.93. The van der Waals surface area contributed by atoms with Crippen LogP contribution in [0.2, 0.25) is 0 Å². The smallest absolute Gasteiger partial charge is 0.250 e. The molecular weight excluding hydrogens is 445 g/mol. The lowest BCUT2D eigenvalue weighted by molar-refractivity contribution is -0.115. The number of aryl methyl sites for hydroxylation is 1. The van der Waals surface area contributed by atoms with Gasteiger partial charge in [-0.25, -0.2) is 9.07 Å². The number of ether oxygens (including phenoxy) is 1. The number of methoxy groups -OCH3 is 1. The second kappa shape index (κ2) is 9.58. The predicted octanol–water partition coefficient (Wildman–Crippen LogP) is 5.06. The van der Waals surface area contributed by atoms with Gasteiger partial charge in [0.15, 0.2) is 0 Å². The number of carbonyl (C=O) groups is 1. The topological polar surface area (TPSA) is 81.1 Å². The summed E-state index contributed by atoms with van der Waals surface area (Å²) in [7, 11) is 1.60. The van der Waals surface area contributed by atoms with Gasteiger partial charge < -0.3 is 10.1 Å². The first-order valence-corrected chi connectivity index (χ1v) is 11.5. The zero-order chi connectivity index (χ0) is 24.4. The Balaban J connectivity index is 1.40. The van der Waals surface area contributed by atoms with Crippen LogP contribution in [-0.4, -0.2) is 27.8 Å². The summed E-state index contributed by atoms with van der Waals surface area (Å²) in [6.07, 6.45) is 0.888. The van der Waals surface area contributed by atoms with Crippen LogP contribution in [0.3, 0.4) is 0 Å². The predicted molar refractivity (Wildman–Crippen MR) is 132 cm³/mol. The highest BCUT2D eigenvalue weighted by atomic mass is 19.1. The van der Waals surface area contributed by atoms with E-state index >= 15 is 0 Å². The standard InChI is InChI=1S/C27H26FN5O2/c1-17-3-7-19(8-4-17)23-16-24(20-9-11-21(28)12-10-20)33-27(29-23)31-26(32-33)30-25(34)15-18-5-13-22(35-2)14-6-18/h3-14,23-24H,15-16H2,1-2H3,(H2,29,30,31,32,34)/t23-,24+/m1/s1. The number of hydrogen-bond acceptors (Lipinski definition) is 5. The largest absolute Gasteiger partial charge is 0.497 e. The normalized spacial score (nSPS) is 16.8. The molecule has 2 heterocycles. The van der Waals surface area contributed by atoms with Crippen LogP contribution in [0.25, 0.3) is 0 Å². The molecule has 0 aliphatic carbocycles. The van der Waals surface area contributed by atoms with Gasteiger partial charge in [0.25, 0.3) is 5.95 Å². The first kappa shape index (κ1) is 22.6. The van der Waals surface area contributed by atoms with E-state index in [4.69, 9.17) is 4.74 Å². The van der Waals surface area contributed by atoms with Crippen molar-refractivity contribution in [3.8, 4) is 5.75 Å². The number of benzene rings is 3. The summed E-state index contributed by atoms with van der Waals surface area (Å²) in [6, 6.07) is 21.9. The molecule has 2 N–H and O–H groups in total.